The minimum atomic E-state index is -0.492. The molecule has 3 heterocycles. The number of aromatic nitrogens is 2. The van der Waals surface area contributed by atoms with Crippen molar-refractivity contribution in [2.75, 3.05) is 0 Å². The van der Waals surface area contributed by atoms with Crippen LogP contribution in [0.2, 0.25) is 0 Å². The third-order valence-electron chi connectivity index (χ3n) is 6.30. The van der Waals surface area contributed by atoms with E-state index in [9.17, 15) is 0 Å². The average molecular weight is 459 g/mol. The Balaban J connectivity index is 1.55. The van der Waals surface area contributed by atoms with E-state index >= 15 is 0 Å². The number of rotatable bonds is 2. The quantitative estimate of drug-likeness (QED) is 0.261. The smallest absolute Gasteiger partial charge is 0.228 e. The predicted molar refractivity (Wildman–Crippen MR) is 141 cm³/mol. The zero-order valence-electron chi connectivity index (χ0n) is 26.0. The number of furan rings is 1. The molecule has 164 valence electrons. The van der Waals surface area contributed by atoms with Crippen molar-refractivity contribution in [2.24, 2.45) is 0 Å². The largest absolute Gasteiger partial charge is 0.454 e. The van der Waals surface area contributed by atoms with Gasteiger partial charge in [0.1, 0.15) is 11.1 Å². The number of oxazole rings is 1. The fourth-order valence-corrected chi connectivity index (χ4v) is 4.84. The lowest BCUT2D eigenvalue weighted by Crippen LogP contribution is -1.94. The van der Waals surface area contributed by atoms with E-state index < -0.39 is 24.2 Å². The molecule has 35 heavy (non-hydrogen) atoms. The fraction of sp³-hybridized carbons (Fsp3) is 0. The number of fused-ring (bicyclic) bond motifs is 7. The zero-order valence-corrected chi connectivity index (χ0v) is 18.0. The summed E-state index contributed by atoms with van der Waals surface area (Å²) >= 11 is 0. The van der Waals surface area contributed by atoms with Gasteiger partial charge in [-0.15, -0.1) is 0 Å². The fourth-order valence-electron chi connectivity index (χ4n) is 4.84. The summed E-state index contributed by atoms with van der Waals surface area (Å²) in [7, 11) is 0. The molecule has 0 amide bonds. The topological polar surface area (TPSA) is 44.1 Å². The van der Waals surface area contributed by atoms with Gasteiger partial charge in [-0.3, -0.25) is 0 Å². The van der Waals surface area contributed by atoms with Crippen molar-refractivity contribution >= 4 is 54.8 Å². The van der Waals surface area contributed by atoms with Crippen molar-refractivity contribution in [3.8, 4) is 17.1 Å². The Hall–Kier alpha value is -4.83. The molecule has 0 unspecified atom stereocenters. The van der Waals surface area contributed by atoms with Crippen molar-refractivity contribution < 1.29 is 19.8 Å². The van der Waals surface area contributed by atoms with Crippen LogP contribution in [0.4, 0.5) is 0 Å². The second kappa shape index (κ2) is 6.84. The molecule has 8 aromatic rings. The van der Waals surface area contributed by atoms with Crippen LogP contribution in [0.5, 0.6) is 0 Å². The van der Waals surface area contributed by atoms with Gasteiger partial charge in [0.2, 0.25) is 5.89 Å². The standard InChI is InChI=1S/C31H18N2O2/c1-4-14-24-19(9-1)20-10-2-5-15-25(20)33(24)26-16-7-11-21-29-22(12-8-18-28(29)34-30(21)26)31-32-23-13-3-6-17-27(23)35-31/h1-18H/i1D,2D,4D,5D,9D,10D,14D,15D. The highest BCUT2D eigenvalue weighted by Crippen LogP contribution is 2.41. The van der Waals surface area contributed by atoms with Crippen LogP contribution in [-0.2, 0) is 0 Å². The van der Waals surface area contributed by atoms with Crippen molar-refractivity contribution in [3.05, 3.63) is 109 Å². The number of hydrogen-bond acceptors (Lipinski definition) is 3. The second-order valence-corrected chi connectivity index (χ2v) is 8.20. The van der Waals surface area contributed by atoms with Gasteiger partial charge in [0.05, 0.1) is 27.7 Å². The molecule has 0 saturated heterocycles. The summed E-state index contributed by atoms with van der Waals surface area (Å²) in [6.07, 6.45) is 0. The number of benzene rings is 5. The molecule has 4 heteroatoms. The summed E-state index contributed by atoms with van der Waals surface area (Å²) in [5.41, 5.74) is 3.32. The van der Waals surface area contributed by atoms with Crippen LogP contribution in [0.3, 0.4) is 0 Å². The van der Waals surface area contributed by atoms with Gasteiger partial charge in [-0.2, -0.15) is 0 Å². The van der Waals surface area contributed by atoms with E-state index in [1.54, 1.807) is 18.2 Å². The molecule has 0 fully saturated rings. The lowest BCUT2D eigenvalue weighted by molar-refractivity contribution is 0.620. The van der Waals surface area contributed by atoms with Gasteiger partial charge in [0.25, 0.3) is 0 Å². The van der Waals surface area contributed by atoms with Gasteiger partial charge in [-0.25, -0.2) is 4.98 Å². The van der Waals surface area contributed by atoms with Crippen molar-refractivity contribution in [3.63, 3.8) is 0 Å². The van der Waals surface area contributed by atoms with Crippen LogP contribution >= 0.6 is 0 Å². The highest BCUT2D eigenvalue weighted by atomic mass is 16.3. The minimum absolute atomic E-state index is 0.00767. The van der Waals surface area contributed by atoms with Crippen LogP contribution in [0.15, 0.2) is 118 Å². The van der Waals surface area contributed by atoms with Crippen LogP contribution in [0, 0.1) is 0 Å². The molecule has 3 aromatic heterocycles. The highest BCUT2D eigenvalue weighted by Gasteiger charge is 2.20. The summed E-state index contributed by atoms with van der Waals surface area (Å²) < 4.78 is 82.4. The second-order valence-electron chi connectivity index (χ2n) is 8.20. The van der Waals surface area contributed by atoms with Gasteiger partial charge in [-0.1, -0.05) is 66.6 Å². The Labute approximate surface area is 210 Å². The number of para-hydroxylation sites is 5. The van der Waals surface area contributed by atoms with E-state index in [2.05, 4.69) is 4.98 Å². The van der Waals surface area contributed by atoms with E-state index in [0.717, 1.165) is 5.39 Å². The molecule has 0 radical (unpaired) electrons. The molecular weight excluding hydrogens is 432 g/mol. The SMILES string of the molecule is [2H]c1c([2H])c([2H])c2c(c1[2H])c1c([2H])c([2H])c([2H])c([2H])c1n2-c1cccc2c1oc1cccc(-c3nc4ccccc4o3)c12. The van der Waals surface area contributed by atoms with Crippen molar-refractivity contribution in [2.45, 2.75) is 0 Å². The maximum atomic E-state index is 8.83. The minimum Gasteiger partial charge on any atom is -0.454 e. The molecular formula is C31H18N2O2. The third kappa shape index (κ3) is 2.53. The van der Waals surface area contributed by atoms with Gasteiger partial charge >= 0.3 is 0 Å². The first-order chi connectivity index (χ1) is 20.7. The number of nitrogens with zero attached hydrogens (tertiary/aromatic N) is 2. The first-order valence-electron chi connectivity index (χ1n) is 15.0. The average Bonchev–Trinajstić information content (AvgIpc) is 3.72. The summed E-state index contributed by atoms with van der Waals surface area (Å²) in [6.45, 7) is 0. The highest BCUT2D eigenvalue weighted by molar-refractivity contribution is 6.15. The van der Waals surface area contributed by atoms with E-state index in [1.807, 2.05) is 42.5 Å². The molecule has 0 atom stereocenters. The summed E-state index contributed by atoms with van der Waals surface area (Å²) in [5, 5.41) is 1.40. The van der Waals surface area contributed by atoms with Crippen molar-refractivity contribution in [1.29, 1.82) is 0 Å². The first-order valence-corrected chi connectivity index (χ1v) is 11.0. The molecule has 0 N–H and O–H groups in total. The van der Waals surface area contributed by atoms with Gasteiger partial charge in [0, 0.05) is 27.1 Å². The lowest BCUT2D eigenvalue weighted by atomic mass is 10.1. The Morgan fingerprint density at radius 1 is 0.657 bits per heavy atom. The van der Waals surface area contributed by atoms with Crippen molar-refractivity contribution in [1.82, 2.24) is 9.55 Å². The summed E-state index contributed by atoms with van der Waals surface area (Å²) in [6, 6.07) is 14.8. The van der Waals surface area contributed by atoms with E-state index in [-0.39, 0.29) is 46.0 Å². The van der Waals surface area contributed by atoms with Crippen LogP contribution in [-0.4, -0.2) is 9.55 Å². The Morgan fingerprint density at radius 3 is 2.17 bits per heavy atom. The van der Waals surface area contributed by atoms with Crippen LogP contribution < -0.4 is 0 Å². The van der Waals surface area contributed by atoms with E-state index in [1.165, 1.54) is 4.57 Å². The monoisotopic (exact) mass is 458 g/mol. The summed E-state index contributed by atoms with van der Waals surface area (Å²) in [4.78, 5) is 4.67. The molecule has 0 aliphatic rings. The lowest BCUT2D eigenvalue weighted by Gasteiger charge is -2.08. The van der Waals surface area contributed by atoms with Crippen LogP contribution in [0.1, 0.15) is 11.0 Å². The molecule has 0 aliphatic heterocycles. The Morgan fingerprint density at radius 2 is 1.37 bits per heavy atom. The van der Waals surface area contributed by atoms with Gasteiger partial charge in [0.15, 0.2) is 11.2 Å². The predicted octanol–water partition coefficient (Wildman–Crippen LogP) is 8.49. The molecule has 5 aromatic carbocycles. The molecule has 0 aliphatic carbocycles. The van der Waals surface area contributed by atoms with E-state index in [0.29, 0.717) is 44.8 Å². The van der Waals surface area contributed by atoms with Gasteiger partial charge < -0.3 is 13.4 Å². The molecule has 4 nitrogen and oxygen atoms in total. The maximum Gasteiger partial charge on any atom is 0.228 e. The maximum absolute atomic E-state index is 8.83. The molecule has 0 bridgehead atoms. The first kappa shape index (κ1) is 12.6. The molecule has 0 saturated carbocycles. The van der Waals surface area contributed by atoms with Gasteiger partial charge in [-0.05, 0) is 42.4 Å². The Kier molecular flexibility index (Phi) is 2.46. The van der Waals surface area contributed by atoms with Crippen LogP contribution in [0.25, 0.3) is 72.0 Å². The zero-order chi connectivity index (χ0) is 29.9. The van der Waals surface area contributed by atoms with E-state index in [4.69, 9.17) is 19.8 Å². The normalized spacial score (nSPS) is 15.2. The summed E-state index contributed by atoms with van der Waals surface area (Å²) in [5.74, 6) is 0.403. The molecule has 0 spiro atoms. The third-order valence-corrected chi connectivity index (χ3v) is 6.30. The number of hydrogen-bond donors (Lipinski definition) is 0. The molecule has 8 rings (SSSR count). The Bertz CT molecular complexity index is 2400.